The minimum Gasteiger partial charge on any atom is -0.241 e. The molecule has 1 saturated heterocycles. The zero-order valence-corrected chi connectivity index (χ0v) is 12.0. The Morgan fingerprint density at radius 3 is 2.20 bits per heavy atom. The van der Waals surface area contributed by atoms with Crippen LogP contribution in [-0.4, -0.2) is 13.1 Å². The normalized spacial score (nSPS) is 15.2. The molecule has 0 unspecified atom stereocenters. The third-order valence-electron chi connectivity index (χ3n) is 3.97. The van der Waals surface area contributed by atoms with Crippen molar-refractivity contribution in [2.75, 3.05) is 13.1 Å². The van der Waals surface area contributed by atoms with E-state index in [-0.39, 0.29) is 0 Å². The summed E-state index contributed by atoms with van der Waals surface area (Å²) in [6, 6.07) is 19.5. The second kappa shape index (κ2) is 6.06. The summed E-state index contributed by atoms with van der Waals surface area (Å²) < 4.78 is 0. The molecule has 3 rings (SSSR count). The van der Waals surface area contributed by atoms with E-state index >= 15 is 0 Å². The van der Waals surface area contributed by atoms with Crippen molar-refractivity contribution in [1.29, 1.82) is 0 Å². The van der Waals surface area contributed by atoms with Crippen molar-refractivity contribution in [3.05, 3.63) is 76.9 Å². The van der Waals surface area contributed by atoms with Crippen LogP contribution < -0.4 is 5.32 Å². The second-order valence-corrected chi connectivity index (χ2v) is 5.33. The minimum atomic E-state index is 0.970. The van der Waals surface area contributed by atoms with E-state index in [1.165, 1.54) is 22.3 Å². The van der Waals surface area contributed by atoms with Crippen LogP contribution in [0.15, 0.2) is 60.2 Å². The van der Waals surface area contributed by atoms with Gasteiger partial charge in [-0.1, -0.05) is 60.2 Å². The van der Waals surface area contributed by atoms with Crippen LogP contribution in [0.1, 0.15) is 29.5 Å². The first-order valence-corrected chi connectivity index (χ1v) is 7.33. The van der Waals surface area contributed by atoms with Gasteiger partial charge in [-0.2, -0.15) is 0 Å². The van der Waals surface area contributed by atoms with E-state index < -0.39 is 0 Å². The third kappa shape index (κ3) is 2.68. The summed E-state index contributed by atoms with van der Waals surface area (Å²) in [6.45, 7) is 4.14. The van der Waals surface area contributed by atoms with E-state index in [2.05, 4.69) is 66.8 Å². The summed E-state index contributed by atoms with van der Waals surface area (Å²) in [4.78, 5) is 0. The highest BCUT2D eigenvalue weighted by Crippen LogP contribution is 2.32. The quantitative estimate of drug-likeness (QED) is 0.770. The number of hydrogen-bond donors (Lipinski definition) is 0. The molecule has 1 heteroatoms. The fourth-order valence-corrected chi connectivity index (χ4v) is 2.92. The molecule has 0 aliphatic carbocycles. The van der Waals surface area contributed by atoms with E-state index in [0.717, 1.165) is 25.9 Å². The molecule has 2 aromatic rings. The van der Waals surface area contributed by atoms with Gasteiger partial charge in [0.1, 0.15) is 0 Å². The molecule has 0 amide bonds. The third-order valence-corrected chi connectivity index (χ3v) is 3.97. The lowest BCUT2D eigenvalue weighted by Gasteiger charge is -2.21. The average Bonchev–Trinajstić information content (AvgIpc) is 2.52. The first-order chi connectivity index (χ1) is 9.86. The summed E-state index contributed by atoms with van der Waals surface area (Å²) in [5.41, 5.74) is 7.04. The van der Waals surface area contributed by atoms with Crippen molar-refractivity contribution in [2.45, 2.75) is 19.8 Å². The molecule has 1 aliphatic heterocycles. The first kappa shape index (κ1) is 13.1. The van der Waals surface area contributed by atoms with Crippen molar-refractivity contribution in [3.8, 4) is 0 Å². The summed E-state index contributed by atoms with van der Waals surface area (Å²) in [7, 11) is 0. The molecule has 1 nitrogen and oxygen atoms in total. The Hall–Kier alpha value is -1.86. The highest BCUT2D eigenvalue weighted by molar-refractivity contribution is 5.83. The highest BCUT2D eigenvalue weighted by Gasteiger charge is 2.15. The van der Waals surface area contributed by atoms with Gasteiger partial charge in [-0.3, -0.25) is 0 Å². The topological polar surface area (TPSA) is 14.1 Å². The number of piperidine rings is 1. The maximum Gasteiger partial charge on any atom is 0.0171 e. The minimum absolute atomic E-state index is 0.970. The van der Waals surface area contributed by atoms with E-state index in [1.807, 2.05) is 0 Å². The van der Waals surface area contributed by atoms with E-state index in [0.29, 0.717) is 0 Å². The van der Waals surface area contributed by atoms with Crippen LogP contribution in [0.3, 0.4) is 0 Å². The molecule has 20 heavy (non-hydrogen) atoms. The SMILES string of the molecule is Cc1ccccc1C(=C1CC[N]CC1)c1ccccc1. The van der Waals surface area contributed by atoms with Gasteiger partial charge >= 0.3 is 0 Å². The Morgan fingerprint density at radius 2 is 1.50 bits per heavy atom. The maximum atomic E-state index is 4.49. The molecular weight excluding hydrogens is 242 g/mol. The summed E-state index contributed by atoms with van der Waals surface area (Å²) in [5.74, 6) is 0. The van der Waals surface area contributed by atoms with E-state index in [1.54, 1.807) is 5.57 Å². The summed E-state index contributed by atoms with van der Waals surface area (Å²) in [5, 5.41) is 4.49. The fourth-order valence-electron chi connectivity index (χ4n) is 2.92. The molecule has 0 atom stereocenters. The standard InChI is InChI=1S/C19H20N/c1-15-7-5-6-10-18(15)19(16-8-3-2-4-9-16)17-11-13-20-14-12-17/h2-10H,11-14H2,1H3. The predicted molar refractivity (Wildman–Crippen MR) is 84.7 cm³/mol. The second-order valence-electron chi connectivity index (χ2n) is 5.33. The Kier molecular flexibility index (Phi) is 3.98. The lowest BCUT2D eigenvalue weighted by Crippen LogP contribution is -2.17. The molecular formula is C19H20N. The van der Waals surface area contributed by atoms with Crippen LogP contribution in [0, 0.1) is 6.92 Å². The fraction of sp³-hybridized carbons (Fsp3) is 0.263. The van der Waals surface area contributed by atoms with E-state index in [9.17, 15) is 0 Å². The van der Waals surface area contributed by atoms with Crippen LogP contribution in [-0.2, 0) is 0 Å². The van der Waals surface area contributed by atoms with Gasteiger partial charge in [0.15, 0.2) is 0 Å². The van der Waals surface area contributed by atoms with Gasteiger partial charge in [-0.15, -0.1) is 0 Å². The van der Waals surface area contributed by atoms with Crippen LogP contribution >= 0.6 is 0 Å². The summed E-state index contributed by atoms with van der Waals surface area (Å²) >= 11 is 0. The van der Waals surface area contributed by atoms with Gasteiger partial charge in [-0.05, 0) is 42.0 Å². The van der Waals surface area contributed by atoms with Gasteiger partial charge < -0.3 is 0 Å². The first-order valence-electron chi connectivity index (χ1n) is 7.33. The Labute approximate surface area is 121 Å². The van der Waals surface area contributed by atoms with E-state index in [4.69, 9.17) is 0 Å². The van der Waals surface area contributed by atoms with Crippen molar-refractivity contribution >= 4 is 5.57 Å². The molecule has 1 fully saturated rings. The smallest absolute Gasteiger partial charge is 0.0171 e. The van der Waals surface area contributed by atoms with Gasteiger partial charge in [0, 0.05) is 13.1 Å². The molecule has 0 N–H and O–H groups in total. The summed E-state index contributed by atoms with van der Waals surface area (Å²) in [6.07, 6.45) is 2.19. The number of hydrogen-bond acceptors (Lipinski definition) is 0. The van der Waals surface area contributed by atoms with Gasteiger partial charge in [-0.25, -0.2) is 5.32 Å². The lowest BCUT2D eigenvalue weighted by molar-refractivity contribution is 0.600. The molecule has 0 aromatic heterocycles. The lowest BCUT2D eigenvalue weighted by atomic mass is 9.87. The number of aryl methyl sites for hydroxylation is 1. The largest absolute Gasteiger partial charge is 0.241 e. The molecule has 101 valence electrons. The Morgan fingerprint density at radius 1 is 0.850 bits per heavy atom. The Balaban J connectivity index is 2.16. The molecule has 1 radical (unpaired) electrons. The molecule has 0 saturated carbocycles. The highest BCUT2D eigenvalue weighted by atomic mass is 14.9. The molecule has 0 spiro atoms. The van der Waals surface area contributed by atoms with Crippen LogP contribution in [0.5, 0.6) is 0 Å². The number of benzene rings is 2. The molecule has 1 aliphatic rings. The predicted octanol–water partition coefficient (Wildman–Crippen LogP) is 4.20. The zero-order valence-electron chi connectivity index (χ0n) is 12.0. The van der Waals surface area contributed by atoms with Crippen molar-refractivity contribution in [1.82, 2.24) is 5.32 Å². The zero-order chi connectivity index (χ0) is 13.8. The Bertz CT molecular complexity index is 603. The van der Waals surface area contributed by atoms with Gasteiger partial charge in [0.05, 0.1) is 0 Å². The molecule has 2 aromatic carbocycles. The number of rotatable bonds is 2. The monoisotopic (exact) mass is 262 g/mol. The van der Waals surface area contributed by atoms with Crippen molar-refractivity contribution in [3.63, 3.8) is 0 Å². The average molecular weight is 262 g/mol. The van der Waals surface area contributed by atoms with Crippen LogP contribution in [0.2, 0.25) is 0 Å². The van der Waals surface area contributed by atoms with Crippen LogP contribution in [0.25, 0.3) is 5.57 Å². The van der Waals surface area contributed by atoms with Crippen LogP contribution in [0.4, 0.5) is 0 Å². The van der Waals surface area contributed by atoms with Gasteiger partial charge in [0.2, 0.25) is 0 Å². The van der Waals surface area contributed by atoms with Crippen molar-refractivity contribution in [2.24, 2.45) is 0 Å². The number of nitrogens with zero attached hydrogens (tertiary/aromatic N) is 1. The molecule has 0 bridgehead atoms. The maximum absolute atomic E-state index is 4.49. The molecule has 1 heterocycles. The van der Waals surface area contributed by atoms with Crippen molar-refractivity contribution < 1.29 is 0 Å². The van der Waals surface area contributed by atoms with Gasteiger partial charge in [0.25, 0.3) is 0 Å².